The maximum absolute atomic E-state index is 11.6. The van der Waals surface area contributed by atoms with Crippen LogP contribution in [0, 0.1) is 13.8 Å². The number of methoxy groups -OCH3 is 1. The Kier molecular flexibility index (Phi) is 4.99. The normalized spacial score (nSPS) is 11.6. The first-order chi connectivity index (χ1) is 14.2. The number of ether oxygens (including phenoxy) is 1. The van der Waals surface area contributed by atoms with Gasteiger partial charge in [0.1, 0.15) is 5.75 Å². The first-order valence-electron chi connectivity index (χ1n) is 9.48. The highest BCUT2D eigenvalue weighted by molar-refractivity contribution is 7.92. The SMILES string of the molecule is COc1cc(NS(C)(=O)=O)ccc1Nc1c2ccccc2nc2c(C)cc(C)cc12. The Morgan fingerprint density at radius 3 is 2.47 bits per heavy atom. The van der Waals surface area contributed by atoms with E-state index in [0.29, 0.717) is 11.4 Å². The number of para-hydroxylation sites is 1. The van der Waals surface area contributed by atoms with E-state index in [4.69, 9.17) is 9.72 Å². The van der Waals surface area contributed by atoms with Gasteiger partial charge < -0.3 is 10.1 Å². The van der Waals surface area contributed by atoms with Gasteiger partial charge in [0.25, 0.3) is 0 Å². The Labute approximate surface area is 176 Å². The maximum atomic E-state index is 11.6. The van der Waals surface area contributed by atoms with Crippen LogP contribution in [-0.2, 0) is 10.0 Å². The van der Waals surface area contributed by atoms with E-state index in [0.717, 1.165) is 50.6 Å². The molecule has 4 rings (SSSR count). The molecule has 154 valence electrons. The number of aromatic nitrogens is 1. The molecule has 0 bridgehead atoms. The lowest BCUT2D eigenvalue weighted by molar-refractivity contribution is 0.417. The summed E-state index contributed by atoms with van der Waals surface area (Å²) in [6, 6.07) is 17.4. The Morgan fingerprint density at radius 2 is 1.73 bits per heavy atom. The monoisotopic (exact) mass is 421 g/mol. The highest BCUT2D eigenvalue weighted by atomic mass is 32.2. The fourth-order valence-electron chi connectivity index (χ4n) is 3.69. The first-order valence-corrected chi connectivity index (χ1v) is 11.4. The van der Waals surface area contributed by atoms with E-state index >= 15 is 0 Å². The van der Waals surface area contributed by atoms with E-state index in [1.54, 1.807) is 25.3 Å². The average Bonchev–Trinajstić information content (AvgIpc) is 2.68. The number of sulfonamides is 1. The van der Waals surface area contributed by atoms with E-state index in [1.165, 1.54) is 0 Å². The molecule has 0 unspecified atom stereocenters. The molecule has 0 saturated heterocycles. The molecule has 3 aromatic carbocycles. The highest BCUT2D eigenvalue weighted by Crippen LogP contribution is 2.38. The van der Waals surface area contributed by atoms with Crippen molar-refractivity contribution in [2.45, 2.75) is 13.8 Å². The third-order valence-corrected chi connectivity index (χ3v) is 5.49. The van der Waals surface area contributed by atoms with Crippen LogP contribution in [0.25, 0.3) is 21.8 Å². The summed E-state index contributed by atoms with van der Waals surface area (Å²) in [6.07, 6.45) is 1.12. The van der Waals surface area contributed by atoms with Crippen molar-refractivity contribution in [3.05, 3.63) is 65.7 Å². The van der Waals surface area contributed by atoms with Gasteiger partial charge in [0, 0.05) is 16.8 Å². The number of benzene rings is 3. The van der Waals surface area contributed by atoms with Crippen molar-refractivity contribution in [1.82, 2.24) is 4.98 Å². The molecule has 4 aromatic rings. The molecular formula is C23H23N3O3S. The molecule has 1 heterocycles. The van der Waals surface area contributed by atoms with Crippen LogP contribution in [0.5, 0.6) is 5.75 Å². The van der Waals surface area contributed by atoms with E-state index < -0.39 is 10.0 Å². The van der Waals surface area contributed by atoms with Crippen molar-refractivity contribution >= 4 is 48.9 Å². The number of hydrogen-bond acceptors (Lipinski definition) is 5. The van der Waals surface area contributed by atoms with Gasteiger partial charge in [0.15, 0.2) is 0 Å². The molecule has 2 N–H and O–H groups in total. The summed E-state index contributed by atoms with van der Waals surface area (Å²) in [5.41, 5.74) is 6.21. The van der Waals surface area contributed by atoms with Gasteiger partial charge in [-0.3, -0.25) is 4.72 Å². The Hall–Kier alpha value is -3.32. The van der Waals surface area contributed by atoms with Gasteiger partial charge in [0.05, 0.1) is 41.5 Å². The molecule has 0 aliphatic heterocycles. The summed E-state index contributed by atoms with van der Waals surface area (Å²) in [5.74, 6) is 0.530. The summed E-state index contributed by atoms with van der Waals surface area (Å²) < 4.78 is 31.1. The molecule has 0 fully saturated rings. The van der Waals surface area contributed by atoms with Crippen molar-refractivity contribution in [3.8, 4) is 5.75 Å². The third kappa shape index (κ3) is 3.89. The summed E-state index contributed by atoms with van der Waals surface area (Å²) in [6.45, 7) is 4.13. The fraction of sp³-hybridized carbons (Fsp3) is 0.174. The predicted molar refractivity (Wildman–Crippen MR) is 123 cm³/mol. The van der Waals surface area contributed by atoms with Crippen LogP contribution >= 0.6 is 0 Å². The van der Waals surface area contributed by atoms with Gasteiger partial charge in [-0.15, -0.1) is 0 Å². The topological polar surface area (TPSA) is 80.3 Å². The summed E-state index contributed by atoms with van der Waals surface area (Å²) >= 11 is 0. The van der Waals surface area contributed by atoms with Gasteiger partial charge in [0.2, 0.25) is 10.0 Å². The molecule has 7 heteroatoms. The standard InChI is InChI=1S/C23H23N3O3S/c1-14-11-15(2)22-18(12-14)23(17-7-5-6-8-19(17)24-22)25-20-10-9-16(13-21(20)29-3)26-30(4,27)28/h5-13,26H,1-4H3,(H,24,25). The second-order valence-corrected chi connectivity index (χ2v) is 9.14. The number of anilines is 3. The third-order valence-electron chi connectivity index (χ3n) is 4.88. The molecule has 0 spiro atoms. The first kappa shape index (κ1) is 20.0. The molecular weight excluding hydrogens is 398 g/mol. The number of nitrogens with zero attached hydrogens (tertiary/aromatic N) is 1. The van der Waals surface area contributed by atoms with E-state index in [9.17, 15) is 8.42 Å². The van der Waals surface area contributed by atoms with Crippen LogP contribution in [0.15, 0.2) is 54.6 Å². The van der Waals surface area contributed by atoms with Crippen LogP contribution in [0.3, 0.4) is 0 Å². The molecule has 0 atom stereocenters. The van der Waals surface area contributed by atoms with Gasteiger partial charge in [-0.25, -0.2) is 13.4 Å². The van der Waals surface area contributed by atoms with Crippen LogP contribution < -0.4 is 14.8 Å². The summed E-state index contributed by atoms with van der Waals surface area (Å²) in [4.78, 5) is 4.87. The fourth-order valence-corrected chi connectivity index (χ4v) is 4.24. The molecule has 0 aliphatic carbocycles. The summed E-state index contributed by atoms with van der Waals surface area (Å²) in [7, 11) is -1.82. The van der Waals surface area contributed by atoms with Crippen molar-refractivity contribution < 1.29 is 13.2 Å². The van der Waals surface area contributed by atoms with E-state index in [1.807, 2.05) is 24.3 Å². The van der Waals surface area contributed by atoms with Crippen LogP contribution in [0.4, 0.5) is 17.1 Å². The minimum absolute atomic E-state index is 0.441. The predicted octanol–water partition coefficient (Wildman–Crippen LogP) is 5.13. The number of hydrogen-bond donors (Lipinski definition) is 2. The molecule has 0 radical (unpaired) electrons. The van der Waals surface area contributed by atoms with Crippen molar-refractivity contribution in [2.75, 3.05) is 23.4 Å². The molecule has 0 amide bonds. The van der Waals surface area contributed by atoms with Crippen molar-refractivity contribution in [2.24, 2.45) is 0 Å². The second kappa shape index (κ2) is 7.50. The second-order valence-electron chi connectivity index (χ2n) is 7.40. The Morgan fingerprint density at radius 1 is 0.967 bits per heavy atom. The van der Waals surface area contributed by atoms with Crippen molar-refractivity contribution in [3.63, 3.8) is 0 Å². The van der Waals surface area contributed by atoms with Crippen LogP contribution in [0.1, 0.15) is 11.1 Å². The molecule has 0 aliphatic rings. The number of aryl methyl sites for hydroxylation is 2. The number of fused-ring (bicyclic) bond motifs is 2. The zero-order valence-electron chi connectivity index (χ0n) is 17.3. The molecule has 30 heavy (non-hydrogen) atoms. The van der Waals surface area contributed by atoms with Crippen LogP contribution in [-0.4, -0.2) is 26.8 Å². The quantitative estimate of drug-likeness (QED) is 0.437. The Bertz CT molecular complexity index is 1380. The maximum Gasteiger partial charge on any atom is 0.229 e. The zero-order chi connectivity index (χ0) is 21.5. The molecule has 1 aromatic heterocycles. The lowest BCUT2D eigenvalue weighted by Gasteiger charge is -2.17. The Balaban J connectivity index is 1.91. The number of pyridine rings is 1. The van der Waals surface area contributed by atoms with E-state index in [2.05, 4.69) is 36.0 Å². The lowest BCUT2D eigenvalue weighted by Crippen LogP contribution is -2.09. The van der Waals surface area contributed by atoms with Crippen LogP contribution in [0.2, 0.25) is 0 Å². The highest BCUT2D eigenvalue weighted by Gasteiger charge is 2.14. The van der Waals surface area contributed by atoms with Crippen molar-refractivity contribution in [1.29, 1.82) is 0 Å². The minimum Gasteiger partial charge on any atom is -0.494 e. The van der Waals surface area contributed by atoms with Gasteiger partial charge in [-0.05, 0) is 43.7 Å². The minimum atomic E-state index is -3.38. The van der Waals surface area contributed by atoms with Gasteiger partial charge >= 0.3 is 0 Å². The van der Waals surface area contributed by atoms with E-state index in [-0.39, 0.29) is 0 Å². The smallest absolute Gasteiger partial charge is 0.229 e. The average molecular weight is 422 g/mol. The number of nitrogens with one attached hydrogen (secondary N) is 2. The number of rotatable bonds is 5. The lowest BCUT2D eigenvalue weighted by atomic mass is 10.0. The van der Waals surface area contributed by atoms with Gasteiger partial charge in [-0.1, -0.05) is 29.8 Å². The van der Waals surface area contributed by atoms with Gasteiger partial charge in [-0.2, -0.15) is 0 Å². The largest absolute Gasteiger partial charge is 0.494 e. The summed E-state index contributed by atoms with van der Waals surface area (Å²) in [5, 5.41) is 5.53. The molecule has 0 saturated carbocycles. The zero-order valence-corrected chi connectivity index (χ0v) is 18.1. The molecule has 6 nitrogen and oxygen atoms in total.